The highest BCUT2D eigenvalue weighted by molar-refractivity contribution is 7.92. The number of amides is 1. The highest BCUT2D eigenvalue weighted by Crippen LogP contribution is 2.35. The fourth-order valence-electron chi connectivity index (χ4n) is 4.14. The quantitative estimate of drug-likeness (QED) is 0.556. The van der Waals surface area contributed by atoms with Gasteiger partial charge in [0.05, 0.1) is 18.0 Å². The molecule has 1 aliphatic rings. The second-order valence-corrected chi connectivity index (χ2v) is 10.1. The maximum atomic E-state index is 13.5. The molecule has 0 aromatic heterocycles. The average Bonchev–Trinajstić information content (AvgIpc) is 2.82. The zero-order valence-corrected chi connectivity index (χ0v) is 20.2. The fraction of sp³-hybridized carbons (Fsp3) is 0.269. The molecule has 1 amide bonds. The van der Waals surface area contributed by atoms with Crippen molar-refractivity contribution in [3.05, 3.63) is 89.5 Å². The van der Waals surface area contributed by atoms with Crippen LogP contribution in [0.15, 0.2) is 72.8 Å². The van der Waals surface area contributed by atoms with Gasteiger partial charge in [-0.15, -0.1) is 0 Å². The molecule has 1 N–H and O–H groups in total. The van der Waals surface area contributed by atoms with Gasteiger partial charge >= 0.3 is 0 Å². The largest absolute Gasteiger partial charge is 0.486 e. The fourth-order valence-corrected chi connectivity index (χ4v) is 5.30. The summed E-state index contributed by atoms with van der Waals surface area (Å²) < 4.78 is 37.9. The lowest BCUT2D eigenvalue weighted by Gasteiger charge is -2.31. The zero-order chi connectivity index (χ0) is 24.3. The van der Waals surface area contributed by atoms with E-state index >= 15 is 0 Å². The summed E-state index contributed by atoms with van der Waals surface area (Å²) >= 11 is 0. The van der Waals surface area contributed by atoms with E-state index in [9.17, 15) is 13.2 Å². The first-order chi connectivity index (χ1) is 16.3. The second-order valence-electron chi connectivity index (χ2n) is 8.27. The van der Waals surface area contributed by atoms with Crippen LogP contribution < -0.4 is 19.1 Å². The third-order valence-corrected chi connectivity index (χ3v) is 7.03. The van der Waals surface area contributed by atoms with Gasteiger partial charge in [-0.05, 0) is 42.7 Å². The summed E-state index contributed by atoms with van der Waals surface area (Å²) in [4.78, 5) is 13.5. The van der Waals surface area contributed by atoms with Crippen LogP contribution in [0.1, 0.15) is 29.7 Å². The van der Waals surface area contributed by atoms with Gasteiger partial charge in [0.1, 0.15) is 19.3 Å². The standard InChI is InChI=1S/C26H28N2O5S/c1-18-9-7-8-12-22(18)25(20-10-5-4-6-11-20)27-26(29)19(2)28(34(3,30)31)21-13-14-23-24(17-21)33-16-15-32-23/h4-14,17,19,25H,15-16H2,1-3H3,(H,27,29). The molecule has 0 spiro atoms. The minimum Gasteiger partial charge on any atom is -0.486 e. The first-order valence-corrected chi connectivity index (χ1v) is 12.9. The topological polar surface area (TPSA) is 84.9 Å². The van der Waals surface area contributed by atoms with Gasteiger partial charge in [0.25, 0.3) is 0 Å². The number of aryl methyl sites for hydroxylation is 1. The first kappa shape index (κ1) is 23.6. The van der Waals surface area contributed by atoms with Crippen LogP contribution in [0.25, 0.3) is 0 Å². The Kier molecular flexibility index (Phi) is 6.79. The Morgan fingerprint density at radius 1 is 0.941 bits per heavy atom. The van der Waals surface area contributed by atoms with E-state index in [-0.39, 0.29) is 0 Å². The van der Waals surface area contributed by atoms with Crippen molar-refractivity contribution in [2.24, 2.45) is 0 Å². The lowest BCUT2D eigenvalue weighted by atomic mass is 9.94. The molecule has 34 heavy (non-hydrogen) atoms. The van der Waals surface area contributed by atoms with Crippen LogP contribution in [-0.4, -0.2) is 39.8 Å². The number of carbonyl (C=O) groups excluding carboxylic acids is 1. The minimum atomic E-state index is -3.79. The number of ether oxygens (including phenoxy) is 2. The number of hydrogen-bond donors (Lipinski definition) is 1. The molecule has 0 aliphatic carbocycles. The Bertz CT molecular complexity index is 1280. The van der Waals surface area contributed by atoms with Crippen LogP contribution in [0, 0.1) is 6.92 Å². The van der Waals surface area contributed by atoms with Crippen molar-refractivity contribution in [2.75, 3.05) is 23.8 Å². The Morgan fingerprint density at radius 2 is 1.59 bits per heavy atom. The van der Waals surface area contributed by atoms with Gasteiger partial charge in [-0.3, -0.25) is 9.10 Å². The van der Waals surface area contributed by atoms with Crippen molar-refractivity contribution in [1.82, 2.24) is 5.32 Å². The van der Waals surface area contributed by atoms with E-state index in [0.29, 0.717) is 30.4 Å². The number of nitrogens with one attached hydrogen (secondary N) is 1. The number of rotatable bonds is 7. The average molecular weight is 481 g/mol. The number of benzene rings is 3. The van der Waals surface area contributed by atoms with Gasteiger partial charge in [0, 0.05) is 6.07 Å². The molecule has 0 fully saturated rings. The van der Waals surface area contributed by atoms with E-state index in [1.165, 1.54) is 0 Å². The summed E-state index contributed by atoms with van der Waals surface area (Å²) in [5.41, 5.74) is 3.21. The maximum Gasteiger partial charge on any atom is 0.244 e. The van der Waals surface area contributed by atoms with Crippen LogP contribution in [0.5, 0.6) is 11.5 Å². The van der Waals surface area contributed by atoms with E-state index in [2.05, 4.69) is 5.32 Å². The van der Waals surface area contributed by atoms with Crippen LogP contribution in [0.4, 0.5) is 5.69 Å². The van der Waals surface area contributed by atoms with Crippen molar-refractivity contribution in [2.45, 2.75) is 25.9 Å². The molecule has 1 heterocycles. The number of fused-ring (bicyclic) bond motifs is 1. The van der Waals surface area contributed by atoms with Gasteiger partial charge in [-0.2, -0.15) is 0 Å². The van der Waals surface area contributed by atoms with Crippen LogP contribution in [0.2, 0.25) is 0 Å². The van der Waals surface area contributed by atoms with Crippen molar-refractivity contribution in [1.29, 1.82) is 0 Å². The number of anilines is 1. The molecule has 0 bridgehead atoms. The van der Waals surface area contributed by atoms with Gasteiger partial charge in [0.15, 0.2) is 11.5 Å². The van der Waals surface area contributed by atoms with Crippen LogP contribution in [0.3, 0.4) is 0 Å². The molecule has 2 atom stereocenters. The second kappa shape index (κ2) is 9.77. The molecule has 3 aromatic carbocycles. The molecule has 178 valence electrons. The normalized spacial score (nSPS) is 14.7. The molecular weight excluding hydrogens is 452 g/mol. The van der Waals surface area contributed by atoms with Crippen molar-refractivity contribution in [3.63, 3.8) is 0 Å². The third kappa shape index (κ3) is 5.02. The van der Waals surface area contributed by atoms with E-state index in [0.717, 1.165) is 27.3 Å². The van der Waals surface area contributed by atoms with E-state index in [1.54, 1.807) is 25.1 Å². The summed E-state index contributed by atoms with van der Waals surface area (Å²) in [6.07, 6.45) is 1.09. The smallest absolute Gasteiger partial charge is 0.244 e. The van der Waals surface area contributed by atoms with Crippen LogP contribution in [-0.2, 0) is 14.8 Å². The van der Waals surface area contributed by atoms with Crippen molar-refractivity contribution < 1.29 is 22.7 Å². The lowest BCUT2D eigenvalue weighted by Crippen LogP contribution is -2.48. The number of nitrogens with zero attached hydrogens (tertiary/aromatic N) is 1. The summed E-state index contributed by atoms with van der Waals surface area (Å²) in [7, 11) is -3.79. The van der Waals surface area contributed by atoms with Gasteiger partial charge in [-0.25, -0.2) is 8.42 Å². The molecule has 4 rings (SSSR count). The highest BCUT2D eigenvalue weighted by atomic mass is 32.2. The predicted octanol–water partition coefficient (Wildman–Crippen LogP) is 3.83. The highest BCUT2D eigenvalue weighted by Gasteiger charge is 2.32. The Morgan fingerprint density at radius 3 is 2.26 bits per heavy atom. The lowest BCUT2D eigenvalue weighted by molar-refractivity contribution is -0.122. The molecule has 0 saturated carbocycles. The Hall–Kier alpha value is -3.52. The molecule has 1 aliphatic heterocycles. The first-order valence-electron chi connectivity index (χ1n) is 11.1. The number of hydrogen-bond acceptors (Lipinski definition) is 5. The molecule has 0 saturated heterocycles. The molecule has 3 aromatic rings. The molecule has 2 unspecified atom stereocenters. The van der Waals surface area contributed by atoms with Gasteiger partial charge < -0.3 is 14.8 Å². The molecule has 0 radical (unpaired) electrons. The molecule has 7 nitrogen and oxygen atoms in total. The third-order valence-electron chi connectivity index (χ3n) is 5.79. The van der Waals surface area contributed by atoms with E-state index in [1.807, 2.05) is 61.5 Å². The summed E-state index contributed by atoms with van der Waals surface area (Å²) in [5, 5.41) is 3.07. The molecular formula is C26H28N2O5S. The number of sulfonamides is 1. The van der Waals surface area contributed by atoms with E-state index < -0.39 is 28.0 Å². The summed E-state index contributed by atoms with van der Waals surface area (Å²) in [6, 6.07) is 20.9. The summed E-state index contributed by atoms with van der Waals surface area (Å²) in [5.74, 6) is 0.578. The summed E-state index contributed by atoms with van der Waals surface area (Å²) in [6.45, 7) is 4.37. The Labute approximate surface area is 200 Å². The maximum absolute atomic E-state index is 13.5. The van der Waals surface area contributed by atoms with Gasteiger partial charge in [-0.1, -0.05) is 54.6 Å². The number of carbonyl (C=O) groups is 1. The predicted molar refractivity (Wildman–Crippen MR) is 132 cm³/mol. The van der Waals surface area contributed by atoms with Crippen LogP contribution >= 0.6 is 0 Å². The SMILES string of the molecule is Cc1ccccc1C(NC(=O)C(C)N(c1ccc2c(c1)OCCO2)S(C)(=O)=O)c1ccccc1. The monoisotopic (exact) mass is 480 g/mol. The van der Waals surface area contributed by atoms with Crippen molar-refractivity contribution >= 4 is 21.6 Å². The van der Waals surface area contributed by atoms with Crippen molar-refractivity contribution in [3.8, 4) is 11.5 Å². The minimum absolute atomic E-state index is 0.335. The van der Waals surface area contributed by atoms with Gasteiger partial charge in [0.2, 0.25) is 15.9 Å². The Balaban J connectivity index is 1.67. The molecule has 8 heteroatoms. The zero-order valence-electron chi connectivity index (χ0n) is 19.4. The van der Waals surface area contributed by atoms with E-state index in [4.69, 9.17) is 9.47 Å².